The highest BCUT2D eigenvalue weighted by Gasteiger charge is 2.10. The summed E-state index contributed by atoms with van der Waals surface area (Å²) in [5.41, 5.74) is 0. The van der Waals surface area contributed by atoms with Gasteiger partial charge in [0.05, 0.1) is 6.10 Å². The summed E-state index contributed by atoms with van der Waals surface area (Å²) >= 11 is 0. The van der Waals surface area contributed by atoms with Gasteiger partial charge in [0.1, 0.15) is 5.82 Å². The molecule has 0 amide bonds. The maximum Gasteiger partial charge on any atom is 0.224 e. The van der Waals surface area contributed by atoms with Crippen LogP contribution in [0.3, 0.4) is 0 Å². The fourth-order valence-corrected chi connectivity index (χ4v) is 1.48. The summed E-state index contributed by atoms with van der Waals surface area (Å²) in [6.07, 6.45) is 1.21. The largest absolute Gasteiger partial charge is 0.393 e. The van der Waals surface area contributed by atoms with Crippen LogP contribution < -0.4 is 5.32 Å². The minimum atomic E-state index is -0.283. The Balaban J connectivity index is 2.70. The van der Waals surface area contributed by atoms with E-state index >= 15 is 0 Å². The molecule has 5 heteroatoms. The van der Waals surface area contributed by atoms with Gasteiger partial charge in [-0.15, -0.1) is 10.2 Å². The van der Waals surface area contributed by atoms with Crippen LogP contribution in [0.4, 0.5) is 5.95 Å². The molecule has 1 heterocycles. The molecule has 1 aromatic rings. The fraction of sp³-hybridized carbons (Fsp3) is 0.800. The van der Waals surface area contributed by atoms with E-state index in [0.29, 0.717) is 0 Å². The Kier molecular flexibility index (Phi) is 4.55. The second-order valence-electron chi connectivity index (χ2n) is 3.60. The monoisotopic (exact) mass is 212 g/mol. The van der Waals surface area contributed by atoms with Crippen molar-refractivity contribution in [2.75, 3.05) is 11.9 Å². The van der Waals surface area contributed by atoms with Gasteiger partial charge >= 0.3 is 0 Å². The van der Waals surface area contributed by atoms with E-state index in [2.05, 4.69) is 22.4 Å². The Morgan fingerprint density at radius 2 is 2.13 bits per heavy atom. The molecule has 15 heavy (non-hydrogen) atoms. The van der Waals surface area contributed by atoms with E-state index in [4.69, 9.17) is 0 Å². The topological polar surface area (TPSA) is 63.0 Å². The van der Waals surface area contributed by atoms with E-state index < -0.39 is 0 Å². The Morgan fingerprint density at radius 1 is 1.40 bits per heavy atom. The Bertz CT molecular complexity index is 296. The number of nitrogens with one attached hydrogen (secondary N) is 1. The van der Waals surface area contributed by atoms with Gasteiger partial charge in [0.25, 0.3) is 0 Å². The smallest absolute Gasteiger partial charge is 0.224 e. The van der Waals surface area contributed by atoms with Gasteiger partial charge < -0.3 is 10.4 Å². The highest BCUT2D eigenvalue weighted by molar-refractivity contribution is 5.25. The molecule has 1 atom stereocenters. The Morgan fingerprint density at radius 3 is 2.67 bits per heavy atom. The zero-order valence-electron chi connectivity index (χ0n) is 9.69. The molecule has 1 unspecified atom stereocenters. The van der Waals surface area contributed by atoms with Gasteiger partial charge in [-0.2, -0.15) is 0 Å². The number of hydrogen-bond acceptors (Lipinski definition) is 4. The van der Waals surface area contributed by atoms with Crippen LogP contribution in [0.1, 0.15) is 33.0 Å². The van der Waals surface area contributed by atoms with Crippen LogP contribution in [-0.4, -0.2) is 32.5 Å². The molecule has 86 valence electrons. The Hall–Kier alpha value is -1.10. The van der Waals surface area contributed by atoms with Crippen LogP contribution in [0.25, 0.3) is 0 Å². The zero-order valence-corrected chi connectivity index (χ0v) is 9.69. The molecule has 0 aromatic carbocycles. The maximum absolute atomic E-state index is 9.21. The third kappa shape index (κ3) is 3.20. The summed E-state index contributed by atoms with van der Waals surface area (Å²) in [7, 11) is 0. The van der Waals surface area contributed by atoms with Gasteiger partial charge in [-0.3, -0.25) is 4.57 Å². The average Bonchev–Trinajstić information content (AvgIpc) is 2.58. The molecule has 0 aliphatic heterocycles. The molecule has 0 spiro atoms. The molecular formula is C10H20N4O. The lowest BCUT2D eigenvalue weighted by Gasteiger charge is -2.08. The normalized spacial score (nSPS) is 12.8. The highest BCUT2D eigenvalue weighted by Crippen LogP contribution is 2.10. The molecular weight excluding hydrogens is 192 g/mol. The predicted molar refractivity (Wildman–Crippen MR) is 59.9 cm³/mol. The van der Waals surface area contributed by atoms with Gasteiger partial charge in [-0.25, -0.2) is 0 Å². The van der Waals surface area contributed by atoms with Crippen molar-refractivity contribution < 1.29 is 5.11 Å². The quantitative estimate of drug-likeness (QED) is 0.739. The summed E-state index contributed by atoms with van der Waals surface area (Å²) in [5, 5.41) is 20.6. The predicted octanol–water partition coefficient (Wildman–Crippen LogP) is 1.04. The molecule has 0 saturated heterocycles. The summed E-state index contributed by atoms with van der Waals surface area (Å²) in [4.78, 5) is 0. The van der Waals surface area contributed by atoms with E-state index in [1.54, 1.807) is 6.92 Å². The van der Waals surface area contributed by atoms with E-state index in [-0.39, 0.29) is 6.10 Å². The molecule has 2 N–H and O–H groups in total. The molecule has 0 aliphatic rings. The van der Waals surface area contributed by atoms with Crippen molar-refractivity contribution in [3.8, 4) is 0 Å². The van der Waals surface area contributed by atoms with E-state index in [0.717, 1.165) is 37.7 Å². The van der Waals surface area contributed by atoms with Crippen molar-refractivity contribution in [3.05, 3.63) is 5.82 Å². The number of aliphatic hydroxyl groups excluding tert-OH is 1. The average molecular weight is 212 g/mol. The summed E-state index contributed by atoms with van der Waals surface area (Å²) in [5.74, 6) is 1.76. The van der Waals surface area contributed by atoms with Crippen LogP contribution in [-0.2, 0) is 13.0 Å². The number of aromatic nitrogens is 3. The number of aryl methyl sites for hydroxylation is 1. The number of hydrogen-bond donors (Lipinski definition) is 2. The third-order valence-corrected chi connectivity index (χ3v) is 2.26. The van der Waals surface area contributed by atoms with E-state index in [9.17, 15) is 5.11 Å². The van der Waals surface area contributed by atoms with Crippen LogP contribution in [0, 0.1) is 0 Å². The highest BCUT2D eigenvalue weighted by atomic mass is 16.3. The van der Waals surface area contributed by atoms with Gasteiger partial charge in [0, 0.05) is 19.5 Å². The van der Waals surface area contributed by atoms with Gasteiger partial charge in [-0.05, 0) is 27.2 Å². The molecule has 0 aliphatic carbocycles. The molecule has 0 fully saturated rings. The lowest BCUT2D eigenvalue weighted by Crippen LogP contribution is -2.10. The van der Waals surface area contributed by atoms with Crippen molar-refractivity contribution >= 4 is 5.95 Å². The first-order valence-electron chi connectivity index (χ1n) is 5.53. The standard InChI is InChI=1S/C10H20N4O/c1-4-11-10-13-12-9(14(10)5-2)7-6-8(3)15/h8,15H,4-7H2,1-3H3,(H,11,13). The summed E-state index contributed by atoms with van der Waals surface area (Å²) in [6.45, 7) is 7.58. The first kappa shape index (κ1) is 12.0. The number of aliphatic hydroxyl groups is 1. The van der Waals surface area contributed by atoms with Crippen LogP contribution in [0.5, 0.6) is 0 Å². The third-order valence-electron chi connectivity index (χ3n) is 2.26. The van der Waals surface area contributed by atoms with Crippen LogP contribution in [0.2, 0.25) is 0 Å². The van der Waals surface area contributed by atoms with Crippen molar-refractivity contribution in [2.45, 2.75) is 46.3 Å². The summed E-state index contributed by atoms with van der Waals surface area (Å²) < 4.78 is 2.05. The minimum Gasteiger partial charge on any atom is -0.393 e. The molecule has 0 bridgehead atoms. The van der Waals surface area contributed by atoms with Crippen molar-refractivity contribution in [1.29, 1.82) is 0 Å². The second kappa shape index (κ2) is 5.70. The van der Waals surface area contributed by atoms with Gasteiger partial charge in [0.15, 0.2) is 0 Å². The van der Waals surface area contributed by atoms with E-state index in [1.807, 2.05) is 11.5 Å². The van der Waals surface area contributed by atoms with Gasteiger partial charge in [-0.1, -0.05) is 0 Å². The van der Waals surface area contributed by atoms with Crippen molar-refractivity contribution in [2.24, 2.45) is 0 Å². The number of nitrogens with zero attached hydrogens (tertiary/aromatic N) is 3. The number of rotatable bonds is 6. The number of anilines is 1. The first-order chi connectivity index (χ1) is 7.19. The van der Waals surface area contributed by atoms with Crippen LogP contribution in [0.15, 0.2) is 0 Å². The molecule has 1 aromatic heterocycles. The minimum absolute atomic E-state index is 0.283. The zero-order chi connectivity index (χ0) is 11.3. The lowest BCUT2D eigenvalue weighted by molar-refractivity contribution is 0.183. The maximum atomic E-state index is 9.21. The molecule has 0 saturated carbocycles. The SMILES string of the molecule is CCNc1nnc(CCC(C)O)n1CC. The van der Waals surface area contributed by atoms with Crippen molar-refractivity contribution in [1.82, 2.24) is 14.8 Å². The second-order valence-corrected chi connectivity index (χ2v) is 3.60. The molecule has 1 rings (SSSR count). The van der Waals surface area contributed by atoms with Gasteiger partial charge in [0.2, 0.25) is 5.95 Å². The molecule has 0 radical (unpaired) electrons. The fourth-order valence-electron chi connectivity index (χ4n) is 1.48. The summed E-state index contributed by atoms with van der Waals surface area (Å²) in [6, 6.07) is 0. The Labute approximate surface area is 90.5 Å². The van der Waals surface area contributed by atoms with E-state index in [1.165, 1.54) is 0 Å². The first-order valence-corrected chi connectivity index (χ1v) is 5.53. The van der Waals surface area contributed by atoms with Crippen LogP contribution >= 0.6 is 0 Å². The molecule has 5 nitrogen and oxygen atoms in total. The van der Waals surface area contributed by atoms with Crippen molar-refractivity contribution in [3.63, 3.8) is 0 Å². The lowest BCUT2D eigenvalue weighted by atomic mass is 10.2.